The summed E-state index contributed by atoms with van der Waals surface area (Å²) in [4.78, 5) is 22.0. The van der Waals surface area contributed by atoms with Gasteiger partial charge in [-0.05, 0) is 36.4 Å². The van der Waals surface area contributed by atoms with E-state index < -0.39 is 41.6 Å². The van der Waals surface area contributed by atoms with E-state index in [2.05, 4.69) is 0 Å². The van der Waals surface area contributed by atoms with E-state index in [4.69, 9.17) is 23.7 Å². The predicted octanol–water partition coefficient (Wildman–Crippen LogP) is 3.52. The van der Waals surface area contributed by atoms with Crippen LogP contribution in [0.5, 0.6) is 17.2 Å². The van der Waals surface area contributed by atoms with Crippen LogP contribution in [0.25, 0.3) is 0 Å². The maximum absolute atomic E-state index is 11.5. The van der Waals surface area contributed by atoms with Gasteiger partial charge in [-0.1, -0.05) is 36.4 Å². The Morgan fingerprint density at radius 1 is 0.833 bits per heavy atom. The maximum atomic E-state index is 11.5. The fourth-order valence-electron chi connectivity index (χ4n) is 3.75. The molecule has 0 spiro atoms. The molecule has 36 heavy (non-hydrogen) atoms. The molecule has 0 radical (unpaired) electrons. The molecule has 1 N–H and O–H groups in total. The van der Waals surface area contributed by atoms with Gasteiger partial charge in [-0.3, -0.25) is 14.9 Å². The molecule has 0 amide bonds. The zero-order chi connectivity index (χ0) is 25.5. The minimum Gasteiger partial charge on any atom is -0.484 e. The van der Waals surface area contributed by atoms with E-state index in [0.717, 1.165) is 0 Å². The van der Waals surface area contributed by atoms with Crippen molar-refractivity contribution < 1.29 is 38.5 Å². The lowest BCUT2D eigenvalue weighted by molar-refractivity contribution is -0.384. The Balaban J connectivity index is 1.69. The number of ether oxygens (including phenoxy) is 5. The van der Waals surface area contributed by atoms with E-state index in [9.17, 15) is 20.0 Å². The summed E-state index contributed by atoms with van der Waals surface area (Å²) in [6, 6.07) is 23.2. The third-order valence-electron chi connectivity index (χ3n) is 5.41. The standard InChI is InChI=1S/C26H25NO9/c1-17(28)32-16-22-23(33-21-14-12-18(13-15-21)27(30)31)24(34-19-8-4-2-5-9-19)25(26(29)36-22)35-20-10-6-3-7-11-20/h2-15,22-26,29H,16H2,1H3/t22-,23-,24+,25-,26+/m1/s1. The first-order valence-corrected chi connectivity index (χ1v) is 11.2. The summed E-state index contributed by atoms with van der Waals surface area (Å²) >= 11 is 0. The molecule has 1 aliphatic heterocycles. The maximum Gasteiger partial charge on any atom is 0.302 e. The molecule has 1 heterocycles. The molecule has 3 aromatic rings. The highest BCUT2D eigenvalue weighted by molar-refractivity contribution is 5.65. The molecular weight excluding hydrogens is 470 g/mol. The molecule has 0 bridgehead atoms. The molecule has 10 nitrogen and oxygen atoms in total. The summed E-state index contributed by atoms with van der Waals surface area (Å²) in [6.45, 7) is 1.03. The average Bonchev–Trinajstić information content (AvgIpc) is 2.88. The van der Waals surface area contributed by atoms with Crippen LogP contribution in [0, 0.1) is 10.1 Å². The SMILES string of the molecule is CC(=O)OC[C@H]1O[C@H](O)[C@H](Oc2ccccc2)[C@@H](Oc2ccccc2)[C@@H]1Oc1ccc([N+](=O)[O-])cc1. The number of rotatable bonds is 9. The smallest absolute Gasteiger partial charge is 0.302 e. The van der Waals surface area contributed by atoms with Gasteiger partial charge >= 0.3 is 5.97 Å². The van der Waals surface area contributed by atoms with Crippen LogP contribution >= 0.6 is 0 Å². The monoisotopic (exact) mass is 495 g/mol. The molecule has 4 rings (SSSR count). The predicted molar refractivity (Wildman–Crippen MR) is 127 cm³/mol. The Kier molecular flexibility index (Phi) is 7.99. The van der Waals surface area contributed by atoms with Crippen molar-refractivity contribution in [3.8, 4) is 17.2 Å². The van der Waals surface area contributed by atoms with E-state index in [-0.39, 0.29) is 12.3 Å². The highest BCUT2D eigenvalue weighted by Crippen LogP contribution is 2.31. The Morgan fingerprint density at radius 2 is 1.33 bits per heavy atom. The van der Waals surface area contributed by atoms with E-state index in [1.54, 1.807) is 48.5 Å². The van der Waals surface area contributed by atoms with Crippen molar-refractivity contribution in [2.24, 2.45) is 0 Å². The number of nitro benzene ring substituents is 1. The number of esters is 1. The van der Waals surface area contributed by atoms with Crippen molar-refractivity contribution in [2.75, 3.05) is 6.61 Å². The summed E-state index contributed by atoms with van der Waals surface area (Å²) in [5.41, 5.74) is -0.100. The van der Waals surface area contributed by atoms with Crippen LogP contribution in [0.4, 0.5) is 5.69 Å². The van der Waals surface area contributed by atoms with Crippen LogP contribution in [0.2, 0.25) is 0 Å². The molecule has 5 atom stereocenters. The largest absolute Gasteiger partial charge is 0.484 e. The number of hydrogen-bond acceptors (Lipinski definition) is 9. The van der Waals surface area contributed by atoms with Crippen molar-refractivity contribution in [3.63, 3.8) is 0 Å². The van der Waals surface area contributed by atoms with E-state index in [1.165, 1.54) is 31.2 Å². The lowest BCUT2D eigenvalue weighted by atomic mass is 9.98. The number of carbonyl (C=O) groups excluding carboxylic acids is 1. The second-order valence-electron chi connectivity index (χ2n) is 7.99. The number of aliphatic hydroxyl groups is 1. The van der Waals surface area contributed by atoms with Crippen molar-refractivity contribution in [1.29, 1.82) is 0 Å². The first-order valence-electron chi connectivity index (χ1n) is 11.2. The van der Waals surface area contributed by atoms with Gasteiger partial charge in [0.25, 0.3) is 5.69 Å². The van der Waals surface area contributed by atoms with Crippen molar-refractivity contribution >= 4 is 11.7 Å². The molecule has 0 saturated carbocycles. The van der Waals surface area contributed by atoms with Crippen LogP contribution in [0.15, 0.2) is 84.9 Å². The molecular formula is C26H25NO9. The molecule has 3 aromatic carbocycles. The minimum absolute atomic E-state index is 0.100. The van der Waals surface area contributed by atoms with Crippen molar-refractivity contribution in [1.82, 2.24) is 0 Å². The van der Waals surface area contributed by atoms with Gasteiger partial charge in [-0.25, -0.2) is 0 Å². The van der Waals surface area contributed by atoms with Gasteiger partial charge in [0.05, 0.1) is 4.92 Å². The highest BCUT2D eigenvalue weighted by Gasteiger charge is 2.50. The zero-order valence-electron chi connectivity index (χ0n) is 19.3. The number of benzene rings is 3. The Morgan fingerprint density at radius 3 is 1.86 bits per heavy atom. The van der Waals surface area contributed by atoms with Gasteiger partial charge < -0.3 is 28.8 Å². The average molecular weight is 495 g/mol. The summed E-state index contributed by atoms with van der Waals surface area (Å²) in [6.07, 6.45) is -5.31. The van der Waals surface area contributed by atoms with Crippen molar-refractivity contribution in [3.05, 3.63) is 95.0 Å². The Labute approximate surface area is 207 Å². The van der Waals surface area contributed by atoms with Crippen LogP contribution < -0.4 is 14.2 Å². The minimum atomic E-state index is -1.45. The Hall–Kier alpha value is -4.15. The third-order valence-corrected chi connectivity index (χ3v) is 5.41. The summed E-state index contributed by atoms with van der Waals surface area (Å²) in [7, 11) is 0. The summed E-state index contributed by atoms with van der Waals surface area (Å²) < 4.78 is 29.4. The second kappa shape index (κ2) is 11.5. The van der Waals surface area contributed by atoms with Crippen molar-refractivity contribution in [2.45, 2.75) is 37.6 Å². The quantitative estimate of drug-likeness (QED) is 0.269. The molecule has 0 aliphatic carbocycles. The lowest BCUT2D eigenvalue weighted by Gasteiger charge is -2.44. The number of nitro groups is 1. The molecule has 10 heteroatoms. The first-order chi connectivity index (χ1) is 17.4. The van der Waals surface area contributed by atoms with Crippen LogP contribution in [0.1, 0.15) is 6.92 Å². The third kappa shape index (κ3) is 6.29. The number of carbonyl (C=O) groups is 1. The van der Waals surface area contributed by atoms with Gasteiger partial charge in [-0.2, -0.15) is 0 Å². The molecule has 1 aliphatic rings. The highest BCUT2D eigenvalue weighted by atomic mass is 16.7. The van der Waals surface area contributed by atoms with Gasteiger partial charge in [0.2, 0.25) is 0 Å². The molecule has 188 valence electrons. The normalized spacial score (nSPS) is 23.3. The molecule has 1 saturated heterocycles. The molecule has 1 fully saturated rings. The summed E-state index contributed by atoms with van der Waals surface area (Å²) in [5.74, 6) is 0.713. The van der Waals surface area contributed by atoms with E-state index in [0.29, 0.717) is 17.2 Å². The molecule has 0 unspecified atom stereocenters. The zero-order valence-corrected chi connectivity index (χ0v) is 19.3. The fourth-order valence-corrected chi connectivity index (χ4v) is 3.75. The van der Waals surface area contributed by atoms with Gasteiger partial charge in [0.15, 0.2) is 24.6 Å². The number of aliphatic hydroxyl groups excluding tert-OH is 1. The van der Waals surface area contributed by atoms with E-state index >= 15 is 0 Å². The topological polar surface area (TPSA) is 127 Å². The van der Waals surface area contributed by atoms with Gasteiger partial charge in [0.1, 0.15) is 30.0 Å². The number of nitrogens with zero attached hydrogens (tertiary/aromatic N) is 1. The number of non-ortho nitro benzene ring substituents is 1. The number of hydrogen-bond donors (Lipinski definition) is 1. The van der Waals surface area contributed by atoms with Crippen LogP contribution in [-0.4, -0.2) is 53.3 Å². The van der Waals surface area contributed by atoms with Gasteiger partial charge in [0, 0.05) is 19.1 Å². The van der Waals surface area contributed by atoms with Crippen LogP contribution in [-0.2, 0) is 14.3 Å². The Bertz CT molecular complexity index is 1140. The van der Waals surface area contributed by atoms with Crippen LogP contribution in [0.3, 0.4) is 0 Å². The second-order valence-corrected chi connectivity index (χ2v) is 7.99. The molecule has 0 aromatic heterocycles. The first kappa shape index (κ1) is 25.0. The lowest BCUT2D eigenvalue weighted by Crippen LogP contribution is -2.64. The van der Waals surface area contributed by atoms with Gasteiger partial charge in [-0.15, -0.1) is 0 Å². The summed E-state index contributed by atoms with van der Waals surface area (Å²) in [5, 5.41) is 21.9. The van der Waals surface area contributed by atoms with E-state index in [1.807, 2.05) is 12.1 Å². The fraction of sp³-hybridized carbons (Fsp3) is 0.269. The number of para-hydroxylation sites is 2.